The SMILES string of the molecule is COc1ccc(C(O)C(C)NC(=O)C2CC2(Cl)Cl)cc1. The first-order chi connectivity index (χ1) is 9.35. The van der Waals surface area contributed by atoms with E-state index in [9.17, 15) is 9.90 Å². The van der Waals surface area contributed by atoms with Crippen molar-refractivity contribution in [1.82, 2.24) is 5.32 Å². The predicted octanol–water partition coefficient (Wildman–Crippen LogP) is 2.43. The highest BCUT2D eigenvalue weighted by atomic mass is 35.5. The van der Waals surface area contributed by atoms with Crippen LogP contribution >= 0.6 is 23.2 Å². The summed E-state index contributed by atoms with van der Waals surface area (Å²) in [7, 11) is 1.58. The first kappa shape index (κ1) is 15.4. The van der Waals surface area contributed by atoms with E-state index in [4.69, 9.17) is 27.9 Å². The average molecular weight is 318 g/mol. The molecular formula is C14H17Cl2NO3. The average Bonchev–Trinajstić information content (AvgIpc) is 3.07. The molecule has 0 heterocycles. The number of hydrogen-bond donors (Lipinski definition) is 2. The van der Waals surface area contributed by atoms with Gasteiger partial charge in [0.1, 0.15) is 10.1 Å². The van der Waals surface area contributed by atoms with Crippen molar-refractivity contribution in [3.8, 4) is 5.75 Å². The molecule has 1 aliphatic rings. The van der Waals surface area contributed by atoms with Crippen LogP contribution in [0.4, 0.5) is 0 Å². The van der Waals surface area contributed by atoms with Crippen LogP contribution in [0.1, 0.15) is 25.0 Å². The summed E-state index contributed by atoms with van der Waals surface area (Å²) in [6, 6.07) is 6.61. The number of hydrogen-bond acceptors (Lipinski definition) is 3. The summed E-state index contributed by atoms with van der Waals surface area (Å²) in [5.41, 5.74) is 0.706. The maximum absolute atomic E-state index is 11.9. The van der Waals surface area contributed by atoms with Crippen LogP contribution in [0.2, 0.25) is 0 Å². The van der Waals surface area contributed by atoms with E-state index in [0.29, 0.717) is 17.7 Å². The van der Waals surface area contributed by atoms with Crippen molar-refractivity contribution in [2.24, 2.45) is 5.92 Å². The van der Waals surface area contributed by atoms with E-state index in [-0.39, 0.29) is 5.91 Å². The zero-order chi connectivity index (χ0) is 14.9. The second-order valence-electron chi connectivity index (χ2n) is 5.03. The molecule has 6 heteroatoms. The van der Waals surface area contributed by atoms with Gasteiger partial charge in [0.05, 0.1) is 25.2 Å². The van der Waals surface area contributed by atoms with Crippen LogP contribution in [0.25, 0.3) is 0 Å². The Hall–Kier alpha value is -0.970. The van der Waals surface area contributed by atoms with Crippen molar-refractivity contribution < 1.29 is 14.6 Å². The molecule has 110 valence electrons. The largest absolute Gasteiger partial charge is 0.497 e. The van der Waals surface area contributed by atoms with Gasteiger partial charge in [-0.05, 0) is 31.0 Å². The molecule has 4 nitrogen and oxygen atoms in total. The molecule has 2 N–H and O–H groups in total. The third-order valence-electron chi connectivity index (χ3n) is 3.44. The summed E-state index contributed by atoms with van der Waals surface area (Å²) in [6.45, 7) is 1.74. The number of nitrogens with one attached hydrogen (secondary N) is 1. The van der Waals surface area contributed by atoms with Crippen molar-refractivity contribution in [1.29, 1.82) is 0 Å². The van der Waals surface area contributed by atoms with Gasteiger partial charge in [0.25, 0.3) is 0 Å². The fourth-order valence-electron chi connectivity index (χ4n) is 1.99. The van der Waals surface area contributed by atoms with Gasteiger partial charge < -0.3 is 15.2 Å². The number of amides is 1. The normalized spacial score (nSPS) is 22.8. The molecular weight excluding hydrogens is 301 g/mol. The maximum Gasteiger partial charge on any atom is 0.226 e. The molecule has 0 saturated heterocycles. The quantitative estimate of drug-likeness (QED) is 0.820. The molecule has 1 saturated carbocycles. The first-order valence-corrected chi connectivity index (χ1v) is 7.11. The number of benzene rings is 1. The molecule has 2 rings (SSSR count). The maximum atomic E-state index is 11.9. The summed E-state index contributed by atoms with van der Waals surface area (Å²) in [5.74, 6) is 0.0936. The zero-order valence-electron chi connectivity index (χ0n) is 11.3. The van der Waals surface area contributed by atoms with E-state index in [1.165, 1.54) is 0 Å². The molecule has 1 fully saturated rings. The van der Waals surface area contributed by atoms with E-state index in [1.807, 2.05) is 0 Å². The minimum Gasteiger partial charge on any atom is -0.497 e. The van der Waals surface area contributed by atoms with Crippen LogP contribution in [0.15, 0.2) is 24.3 Å². The fraction of sp³-hybridized carbons (Fsp3) is 0.500. The lowest BCUT2D eigenvalue weighted by Crippen LogP contribution is -2.38. The standard InChI is InChI=1S/C14H17Cl2NO3/c1-8(17-13(19)11-7-14(11,15)16)12(18)9-3-5-10(20-2)6-4-9/h3-6,8,11-12,18H,7H2,1-2H3,(H,17,19). The molecule has 1 aliphatic carbocycles. The molecule has 1 amide bonds. The molecule has 0 spiro atoms. The van der Waals surface area contributed by atoms with E-state index >= 15 is 0 Å². The highest BCUT2D eigenvalue weighted by Crippen LogP contribution is 2.53. The molecule has 3 atom stereocenters. The van der Waals surface area contributed by atoms with Crippen LogP contribution in [-0.2, 0) is 4.79 Å². The first-order valence-electron chi connectivity index (χ1n) is 6.35. The van der Waals surface area contributed by atoms with Gasteiger partial charge >= 0.3 is 0 Å². The summed E-state index contributed by atoms with van der Waals surface area (Å²) in [6.07, 6.45) is -0.350. The van der Waals surface area contributed by atoms with Gasteiger partial charge in [-0.2, -0.15) is 0 Å². The highest BCUT2D eigenvalue weighted by Gasteiger charge is 2.56. The van der Waals surface area contributed by atoms with Crippen LogP contribution in [-0.4, -0.2) is 28.5 Å². The minimum atomic E-state index is -0.950. The minimum absolute atomic E-state index is 0.227. The number of halogens is 2. The number of carbonyl (C=O) groups is 1. The van der Waals surface area contributed by atoms with Gasteiger partial charge in [0, 0.05) is 0 Å². The third-order valence-corrected chi connectivity index (χ3v) is 4.28. The number of carbonyl (C=O) groups excluding carboxylic acids is 1. The van der Waals surface area contributed by atoms with Crippen molar-refractivity contribution in [3.63, 3.8) is 0 Å². The van der Waals surface area contributed by atoms with E-state index < -0.39 is 22.4 Å². The Morgan fingerprint density at radius 2 is 2.00 bits per heavy atom. The third kappa shape index (κ3) is 3.37. The molecule has 0 radical (unpaired) electrons. The van der Waals surface area contributed by atoms with Crippen molar-refractivity contribution in [2.45, 2.75) is 29.8 Å². The van der Waals surface area contributed by atoms with Crippen LogP contribution in [0.3, 0.4) is 0 Å². The van der Waals surface area contributed by atoms with Crippen molar-refractivity contribution in [3.05, 3.63) is 29.8 Å². The Balaban J connectivity index is 1.94. The lowest BCUT2D eigenvalue weighted by Gasteiger charge is -2.21. The van der Waals surface area contributed by atoms with Crippen LogP contribution in [0.5, 0.6) is 5.75 Å². The summed E-state index contributed by atoms with van der Waals surface area (Å²) in [5, 5.41) is 12.9. The number of rotatable bonds is 5. The van der Waals surface area contributed by atoms with Crippen LogP contribution in [0, 0.1) is 5.92 Å². The number of alkyl halides is 2. The lowest BCUT2D eigenvalue weighted by atomic mass is 10.0. The fourth-order valence-corrected chi connectivity index (χ4v) is 2.50. The predicted molar refractivity (Wildman–Crippen MR) is 78.1 cm³/mol. The van der Waals surface area contributed by atoms with Crippen molar-refractivity contribution >= 4 is 29.1 Å². The molecule has 0 aliphatic heterocycles. The van der Waals surface area contributed by atoms with E-state index in [2.05, 4.69) is 5.32 Å². The summed E-state index contributed by atoms with van der Waals surface area (Å²) < 4.78 is 4.11. The highest BCUT2D eigenvalue weighted by molar-refractivity contribution is 6.52. The van der Waals surface area contributed by atoms with E-state index in [1.54, 1.807) is 38.3 Å². The molecule has 0 bridgehead atoms. The Labute approximate surface area is 128 Å². The second-order valence-corrected chi connectivity index (χ2v) is 6.58. The number of aliphatic hydroxyl groups excluding tert-OH is 1. The van der Waals surface area contributed by atoms with Crippen LogP contribution < -0.4 is 10.1 Å². The number of ether oxygens (including phenoxy) is 1. The summed E-state index contributed by atoms with van der Waals surface area (Å²) >= 11 is 11.7. The molecule has 3 unspecified atom stereocenters. The van der Waals surface area contributed by atoms with Gasteiger partial charge in [0.15, 0.2) is 0 Å². The van der Waals surface area contributed by atoms with E-state index in [0.717, 1.165) is 0 Å². The number of methoxy groups -OCH3 is 1. The van der Waals surface area contributed by atoms with Gasteiger partial charge in [-0.3, -0.25) is 4.79 Å². The monoisotopic (exact) mass is 317 g/mol. The van der Waals surface area contributed by atoms with Crippen molar-refractivity contribution in [2.75, 3.05) is 7.11 Å². The lowest BCUT2D eigenvalue weighted by molar-refractivity contribution is -0.123. The Morgan fingerprint density at radius 1 is 1.45 bits per heavy atom. The van der Waals surface area contributed by atoms with Gasteiger partial charge in [-0.25, -0.2) is 0 Å². The Kier molecular flexibility index (Phi) is 4.47. The molecule has 20 heavy (non-hydrogen) atoms. The van der Waals surface area contributed by atoms with Gasteiger partial charge in [-0.15, -0.1) is 23.2 Å². The van der Waals surface area contributed by atoms with Gasteiger partial charge in [0.2, 0.25) is 5.91 Å². The topological polar surface area (TPSA) is 58.6 Å². The zero-order valence-corrected chi connectivity index (χ0v) is 12.8. The Morgan fingerprint density at radius 3 is 2.45 bits per heavy atom. The number of aliphatic hydroxyl groups is 1. The summed E-state index contributed by atoms with van der Waals surface area (Å²) in [4.78, 5) is 11.9. The molecule has 1 aromatic carbocycles. The Bertz CT molecular complexity index is 490. The van der Waals surface area contributed by atoms with Gasteiger partial charge in [-0.1, -0.05) is 12.1 Å². The molecule has 1 aromatic rings. The second kappa shape index (κ2) is 5.80. The smallest absolute Gasteiger partial charge is 0.226 e. The molecule has 0 aromatic heterocycles.